The summed E-state index contributed by atoms with van der Waals surface area (Å²) in [7, 11) is 0. The largest absolute Gasteiger partial charge is 0.507 e. The minimum absolute atomic E-state index is 0.0316. The highest BCUT2D eigenvalue weighted by Gasteiger charge is 2.31. The third-order valence-electron chi connectivity index (χ3n) is 3.56. The van der Waals surface area contributed by atoms with Crippen molar-refractivity contribution in [3.05, 3.63) is 59.7 Å². The predicted molar refractivity (Wildman–Crippen MR) is 74.5 cm³/mol. The molecular formula is C16H15NO2. The average molecular weight is 253 g/mol. The fourth-order valence-electron chi connectivity index (χ4n) is 2.66. The Bertz CT molecular complexity index is 636. The van der Waals surface area contributed by atoms with E-state index in [0.717, 1.165) is 12.1 Å². The number of phenols is 1. The van der Waals surface area contributed by atoms with Gasteiger partial charge < -0.3 is 10.0 Å². The van der Waals surface area contributed by atoms with Crippen LogP contribution in [0.25, 0.3) is 0 Å². The summed E-state index contributed by atoms with van der Waals surface area (Å²) in [5, 5.41) is 9.83. The topological polar surface area (TPSA) is 40.5 Å². The van der Waals surface area contributed by atoms with E-state index in [-0.39, 0.29) is 17.7 Å². The second-order valence-electron chi connectivity index (χ2n) is 4.87. The van der Waals surface area contributed by atoms with E-state index in [9.17, 15) is 9.90 Å². The number of para-hydroxylation sites is 2. The van der Waals surface area contributed by atoms with Crippen molar-refractivity contribution in [1.29, 1.82) is 0 Å². The summed E-state index contributed by atoms with van der Waals surface area (Å²) in [5.74, 6) is -0.111. The van der Waals surface area contributed by atoms with E-state index >= 15 is 0 Å². The molecule has 3 nitrogen and oxygen atoms in total. The van der Waals surface area contributed by atoms with E-state index in [1.165, 1.54) is 5.56 Å². The van der Waals surface area contributed by atoms with Crippen molar-refractivity contribution in [2.24, 2.45) is 0 Å². The SMILES string of the molecule is CC1Cc2ccccc2N1C(=O)c1ccccc1O. The van der Waals surface area contributed by atoms with E-state index in [1.54, 1.807) is 29.2 Å². The zero-order chi connectivity index (χ0) is 13.4. The minimum Gasteiger partial charge on any atom is -0.507 e. The number of hydrogen-bond donors (Lipinski definition) is 1. The van der Waals surface area contributed by atoms with Gasteiger partial charge in [0.05, 0.1) is 5.56 Å². The molecule has 1 N–H and O–H groups in total. The number of anilines is 1. The highest BCUT2D eigenvalue weighted by molar-refractivity contribution is 6.09. The van der Waals surface area contributed by atoms with Gasteiger partial charge in [-0.2, -0.15) is 0 Å². The third-order valence-corrected chi connectivity index (χ3v) is 3.56. The first kappa shape index (κ1) is 11.8. The Hall–Kier alpha value is -2.29. The van der Waals surface area contributed by atoms with E-state index in [1.807, 2.05) is 31.2 Å². The summed E-state index contributed by atoms with van der Waals surface area (Å²) in [6.07, 6.45) is 0.857. The number of hydrogen-bond acceptors (Lipinski definition) is 2. The Morgan fingerprint density at radius 1 is 1.16 bits per heavy atom. The number of nitrogens with zero attached hydrogens (tertiary/aromatic N) is 1. The second-order valence-corrected chi connectivity index (χ2v) is 4.87. The highest BCUT2D eigenvalue weighted by Crippen LogP contribution is 2.34. The lowest BCUT2D eigenvalue weighted by molar-refractivity contribution is 0.0979. The molecule has 2 aromatic carbocycles. The van der Waals surface area contributed by atoms with Crippen LogP contribution in [0.5, 0.6) is 5.75 Å². The van der Waals surface area contributed by atoms with Crippen LogP contribution in [0.1, 0.15) is 22.8 Å². The van der Waals surface area contributed by atoms with Crippen molar-refractivity contribution in [1.82, 2.24) is 0 Å². The van der Waals surface area contributed by atoms with Gasteiger partial charge in [-0.3, -0.25) is 4.79 Å². The van der Waals surface area contributed by atoms with Crippen molar-refractivity contribution in [2.75, 3.05) is 4.90 Å². The quantitative estimate of drug-likeness (QED) is 0.848. The standard InChI is InChI=1S/C16H15NO2/c1-11-10-12-6-2-4-8-14(12)17(11)16(19)13-7-3-5-9-15(13)18/h2-9,11,18H,10H2,1H3. The molecule has 96 valence electrons. The lowest BCUT2D eigenvalue weighted by atomic mass is 10.1. The first-order valence-electron chi connectivity index (χ1n) is 6.38. The number of amides is 1. The van der Waals surface area contributed by atoms with Crippen molar-refractivity contribution in [3.63, 3.8) is 0 Å². The average Bonchev–Trinajstić information content (AvgIpc) is 2.74. The molecule has 0 saturated heterocycles. The summed E-state index contributed by atoms with van der Waals surface area (Å²) >= 11 is 0. The van der Waals surface area contributed by atoms with Crippen molar-refractivity contribution in [2.45, 2.75) is 19.4 Å². The molecule has 0 fully saturated rings. The van der Waals surface area contributed by atoms with Gasteiger partial charge in [0.2, 0.25) is 0 Å². The van der Waals surface area contributed by atoms with E-state index in [2.05, 4.69) is 0 Å². The zero-order valence-electron chi connectivity index (χ0n) is 10.7. The van der Waals surface area contributed by atoms with Crippen molar-refractivity contribution >= 4 is 11.6 Å². The molecule has 0 spiro atoms. The van der Waals surface area contributed by atoms with Gasteiger partial charge in [0.1, 0.15) is 5.75 Å². The molecule has 1 aliphatic rings. The zero-order valence-corrected chi connectivity index (χ0v) is 10.7. The third kappa shape index (κ3) is 1.87. The van der Waals surface area contributed by atoms with Crippen LogP contribution >= 0.6 is 0 Å². The van der Waals surface area contributed by atoms with Gasteiger partial charge >= 0.3 is 0 Å². The molecule has 3 rings (SSSR count). The van der Waals surface area contributed by atoms with Crippen LogP contribution < -0.4 is 4.90 Å². The molecule has 0 radical (unpaired) electrons. The van der Waals surface area contributed by atoms with Gasteiger partial charge in [0.15, 0.2) is 0 Å². The molecule has 19 heavy (non-hydrogen) atoms. The second kappa shape index (κ2) is 4.43. The van der Waals surface area contributed by atoms with E-state index in [0.29, 0.717) is 5.56 Å². The first-order chi connectivity index (χ1) is 9.18. The number of rotatable bonds is 1. The van der Waals surface area contributed by atoms with Crippen LogP contribution in [-0.4, -0.2) is 17.1 Å². The normalized spacial score (nSPS) is 17.3. The first-order valence-corrected chi connectivity index (χ1v) is 6.38. The van der Waals surface area contributed by atoms with Crippen LogP contribution in [0.2, 0.25) is 0 Å². The number of benzene rings is 2. The molecule has 0 saturated carbocycles. The molecule has 1 unspecified atom stereocenters. The Balaban J connectivity index is 2.03. The lowest BCUT2D eigenvalue weighted by Gasteiger charge is -2.23. The molecule has 0 aliphatic carbocycles. The summed E-state index contributed by atoms with van der Waals surface area (Å²) in [6.45, 7) is 2.03. The number of aromatic hydroxyl groups is 1. The van der Waals surface area contributed by atoms with Gasteiger partial charge in [-0.15, -0.1) is 0 Å². The molecule has 0 bridgehead atoms. The van der Waals surface area contributed by atoms with Crippen LogP contribution in [0.3, 0.4) is 0 Å². The summed E-state index contributed by atoms with van der Waals surface area (Å²) in [6, 6.07) is 14.7. The van der Waals surface area contributed by atoms with Crippen LogP contribution in [0.4, 0.5) is 5.69 Å². The molecule has 1 aliphatic heterocycles. The molecular weight excluding hydrogens is 238 g/mol. The molecule has 0 aromatic heterocycles. The predicted octanol–water partition coefficient (Wildman–Crippen LogP) is 2.98. The monoisotopic (exact) mass is 253 g/mol. The van der Waals surface area contributed by atoms with Gasteiger partial charge in [-0.25, -0.2) is 0 Å². The Kier molecular flexibility index (Phi) is 2.75. The fraction of sp³-hybridized carbons (Fsp3) is 0.188. The van der Waals surface area contributed by atoms with E-state index < -0.39 is 0 Å². The van der Waals surface area contributed by atoms with Crippen molar-refractivity contribution < 1.29 is 9.90 Å². The summed E-state index contributed by atoms with van der Waals surface area (Å²) in [4.78, 5) is 14.4. The molecule has 1 atom stereocenters. The lowest BCUT2D eigenvalue weighted by Crippen LogP contribution is -2.35. The maximum atomic E-state index is 12.6. The van der Waals surface area contributed by atoms with Crippen molar-refractivity contribution in [3.8, 4) is 5.75 Å². The Morgan fingerprint density at radius 3 is 2.63 bits per heavy atom. The molecule has 1 amide bonds. The Labute approximate surface area is 112 Å². The molecule has 2 aromatic rings. The number of phenolic OH excluding ortho intramolecular Hbond substituents is 1. The molecule has 3 heteroatoms. The number of fused-ring (bicyclic) bond motifs is 1. The summed E-state index contributed by atoms with van der Waals surface area (Å²) < 4.78 is 0. The maximum Gasteiger partial charge on any atom is 0.262 e. The number of carbonyl (C=O) groups excluding carboxylic acids is 1. The van der Waals surface area contributed by atoms with Crippen LogP contribution in [0, 0.1) is 0 Å². The van der Waals surface area contributed by atoms with Gasteiger partial charge in [-0.05, 0) is 37.1 Å². The highest BCUT2D eigenvalue weighted by atomic mass is 16.3. The van der Waals surface area contributed by atoms with Gasteiger partial charge in [-0.1, -0.05) is 30.3 Å². The fourth-order valence-corrected chi connectivity index (χ4v) is 2.66. The van der Waals surface area contributed by atoms with Gasteiger partial charge in [0.25, 0.3) is 5.91 Å². The summed E-state index contributed by atoms with van der Waals surface area (Å²) in [5.41, 5.74) is 2.48. The van der Waals surface area contributed by atoms with Crippen LogP contribution in [-0.2, 0) is 6.42 Å². The Morgan fingerprint density at radius 2 is 1.84 bits per heavy atom. The number of carbonyl (C=O) groups is 1. The smallest absolute Gasteiger partial charge is 0.262 e. The van der Waals surface area contributed by atoms with Crippen LogP contribution in [0.15, 0.2) is 48.5 Å². The van der Waals surface area contributed by atoms with E-state index in [4.69, 9.17) is 0 Å². The molecule has 1 heterocycles. The maximum absolute atomic E-state index is 12.6. The minimum atomic E-state index is -0.143. The van der Waals surface area contributed by atoms with Gasteiger partial charge in [0, 0.05) is 11.7 Å².